The molecule has 3 aromatic rings. The molecule has 0 aliphatic heterocycles. The third-order valence-electron chi connectivity index (χ3n) is 4.88. The number of rotatable bonds is 10. The summed E-state index contributed by atoms with van der Waals surface area (Å²) in [6.07, 6.45) is 5.99. The Kier molecular flexibility index (Phi) is 13.8. The second-order valence-electron chi connectivity index (χ2n) is 7.21. The lowest BCUT2D eigenvalue weighted by molar-refractivity contribution is 0.0696. The predicted molar refractivity (Wildman–Crippen MR) is 139 cm³/mol. The van der Waals surface area contributed by atoms with Crippen molar-refractivity contribution in [2.75, 3.05) is 6.61 Å². The van der Waals surface area contributed by atoms with Crippen molar-refractivity contribution in [3.8, 4) is 11.5 Å². The van der Waals surface area contributed by atoms with Crippen LogP contribution in [0.3, 0.4) is 0 Å². The molecule has 0 unspecified atom stereocenters. The summed E-state index contributed by atoms with van der Waals surface area (Å²) >= 11 is 0. The lowest BCUT2D eigenvalue weighted by Gasteiger charge is -2.09. The van der Waals surface area contributed by atoms with Gasteiger partial charge in [-0.3, -0.25) is 0 Å². The summed E-state index contributed by atoms with van der Waals surface area (Å²) in [6.45, 7) is 10.9. The van der Waals surface area contributed by atoms with Crippen LogP contribution in [0.15, 0.2) is 60.7 Å². The van der Waals surface area contributed by atoms with Gasteiger partial charge in [0.2, 0.25) is 0 Å². The molecule has 0 bridgehead atoms. The zero-order valence-corrected chi connectivity index (χ0v) is 21.1. The van der Waals surface area contributed by atoms with Crippen molar-refractivity contribution in [2.24, 2.45) is 0 Å². The summed E-state index contributed by atoms with van der Waals surface area (Å²) < 4.78 is 11.2. The highest BCUT2D eigenvalue weighted by Gasteiger charge is 2.11. The second-order valence-corrected chi connectivity index (χ2v) is 7.21. The minimum atomic E-state index is -1.03. The van der Waals surface area contributed by atoms with E-state index in [1.807, 2.05) is 52.0 Å². The van der Waals surface area contributed by atoms with Gasteiger partial charge in [-0.05, 0) is 65.7 Å². The number of hydrogen-bond acceptors (Lipinski definition) is 4. The molecule has 1 N–H and O–H groups in total. The van der Waals surface area contributed by atoms with Crippen molar-refractivity contribution in [3.05, 3.63) is 71.8 Å². The molecule has 0 atom stereocenters. The number of benzene rings is 3. The van der Waals surface area contributed by atoms with E-state index in [4.69, 9.17) is 14.6 Å². The maximum absolute atomic E-state index is 12.4. The Morgan fingerprint density at radius 1 is 0.706 bits per heavy atom. The van der Waals surface area contributed by atoms with E-state index in [2.05, 4.69) is 6.92 Å². The number of carbonyl (C=O) groups is 2. The van der Waals surface area contributed by atoms with Gasteiger partial charge >= 0.3 is 11.9 Å². The molecule has 5 heteroatoms. The average Bonchev–Trinajstić information content (AvgIpc) is 2.88. The average molecular weight is 467 g/mol. The van der Waals surface area contributed by atoms with Crippen LogP contribution in [0, 0.1) is 0 Å². The van der Waals surface area contributed by atoms with Gasteiger partial charge in [0.15, 0.2) is 0 Å². The Morgan fingerprint density at radius 2 is 1.26 bits per heavy atom. The first-order valence-corrected chi connectivity index (χ1v) is 12.3. The fourth-order valence-corrected chi connectivity index (χ4v) is 3.17. The minimum absolute atomic E-state index is 0.138. The highest BCUT2D eigenvalue weighted by atomic mass is 16.5. The normalized spacial score (nSPS) is 9.79. The summed E-state index contributed by atoms with van der Waals surface area (Å²) in [6, 6.07) is 16.9. The maximum Gasteiger partial charge on any atom is 0.343 e. The van der Waals surface area contributed by atoms with E-state index in [9.17, 15) is 9.59 Å². The minimum Gasteiger partial charge on any atom is -0.494 e. The van der Waals surface area contributed by atoms with Crippen molar-refractivity contribution in [3.63, 3.8) is 0 Å². The second kappa shape index (κ2) is 16.3. The molecule has 0 saturated carbocycles. The van der Waals surface area contributed by atoms with Crippen LogP contribution in [0.5, 0.6) is 11.5 Å². The Balaban J connectivity index is 0.00000137. The van der Waals surface area contributed by atoms with Crippen molar-refractivity contribution < 1.29 is 24.2 Å². The summed E-state index contributed by atoms with van der Waals surface area (Å²) in [5.41, 5.74) is 0.564. The molecular weight excluding hydrogens is 428 g/mol. The first-order valence-electron chi connectivity index (χ1n) is 12.3. The SMILES string of the molecule is CC.CC.CCCCCCCOc1ccc2cc(C(=O)Oc3ccc(C(=O)O)cc3)ccc2c1. The quantitative estimate of drug-likeness (QED) is 0.185. The Morgan fingerprint density at radius 3 is 1.91 bits per heavy atom. The summed E-state index contributed by atoms with van der Waals surface area (Å²) in [5, 5.41) is 10.8. The Bertz CT molecular complexity index is 1010. The van der Waals surface area contributed by atoms with Crippen LogP contribution in [0.1, 0.15) is 87.4 Å². The highest BCUT2D eigenvalue weighted by molar-refractivity contribution is 5.96. The van der Waals surface area contributed by atoms with E-state index < -0.39 is 11.9 Å². The molecule has 0 saturated heterocycles. The van der Waals surface area contributed by atoms with E-state index in [0.29, 0.717) is 17.9 Å². The van der Waals surface area contributed by atoms with Gasteiger partial charge in [0.25, 0.3) is 0 Å². The first-order chi connectivity index (χ1) is 16.6. The zero-order valence-electron chi connectivity index (χ0n) is 21.1. The lowest BCUT2D eigenvalue weighted by atomic mass is 10.1. The van der Waals surface area contributed by atoms with Crippen molar-refractivity contribution in [1.82, 2.24) is 0 Å². The van der Waals surface area contributed by atoms with Crippen LogP contribution in [-0.2, 0) is 0 Å². The number of hydrogen-bond donors (Lipinski definition) is 1. The molecule has 3 aromatic carbocycles. The molecule has 0 heterocycles. The number of carbonyl (C=O) groups excluding carboxylic acids is 1. The molecule has 3 rings (SSSR count). The molecule has 0 amide bonds. The van der Waals surface area contributed by atoms with Crippen molar-refractivity contribution in [1.29, 1.82) is 0 Å². The standard InChI is InChI=1S/C25H26O5.2C2H6/c1-2-3-4-5-6-15-29-23-14-11-19-16-21(8-7-20(19)17-23)25(28)30-22-12-9-18(10-13-22)24(26)27;2*1-2/h7-14,16-17H,2-6,15H2,1H3,(H,26,27);2*1-2H3. The first kappa shape index (κ1) is 28.7. The third-order valence-corrected chi connectivity index (χ3v) is 4.88. The topological polar surface area (TPSA) is 72.8 Å². The van der Waals surface area contributed by atoms with Crippen molar-refractivity contribution in [2.45, 2.75) is 66.7 Å². The van der Waals surface area contributed by atoms with E-state index in [1.165, 1.54) is 49.9 Å². The van der Waals surface area contributed by atoms with Gasteiger partial charge in [-0.1, -0.05) is 72.4 Å². The van der Waals surface area contributed by atoms with E-state index in [0.717, 1.165) is 22.9 Å². The molecule has 0 radical (unpaired) electrons. The molecule has 0 aromatic heterocycles. The summed E-state index contributed by atoms with van der Waals surface area (Å²) in [7, 11) is 0. The number of unbranched alkanes of at least 4 members (excludes halogenated alkanes) is 4. The molecule has 0 aliphatic carbocycles. The Hall–Kier alpha value is -3.34. The number of aromatic carboxylic acids is 1. The molecule has 5 nitrogen and oxygen atoms in total. The number of ether oxygens (including phenoxy) is 2. The third kappa shape index (κ3) is 9.26. The molecule has 0 fully saturated rings. The van der Waals surface area contributed by atoms with E-state index in [-0.39, 0.29) is 5.56 Å². The van der Waals surface area contributed by atoms with Crippen LogP contribution in [0.2, 0.25) is 0 Å². The number of carboxylic acid groups (broad SMARTS) is 1. The highest BCUT2D eigenvalue weighted by Crippen LogP contribution is 2.23. The zero-order chi connectivity index (χ0) is 25.3. The smallest absolute Gasteiger partial charge is 0.343 e. The largest absolute Gasteiger partial charge is 0.494 e. The van der Waals surface area contributed by atoms with Gasteiger partial charge in [0.05, 0.1) is 17.7 Å². The Labute approximate surface area is 203 Å². The van der Waals surface area contributed by atoms with Gasteiger partial charge in [0.1, 0.15) is 11.5 Å². The van der Waals surface area contributed by atoms with E-state index >= 15 is 0 Å². The number of esters is 1. The van der Waals surface area contributed by atoms with Gasteiger partial charge < -0.3 is 14.6 Å². The number of fused-ring (bicyclic) bond motifs is 1. The van der Waals surface area contributed by atoms with Gasteiger partial charge in [-0.15, -0.1) is 0 Å². The van der Waals surface area contributed by atoms with Gasteiger partial charge in [-0.2, -0.15) is 0 Å². The van der Waals surface area contributed by atoms with Crippen molar-refractivity contribution >= 4 is 22.7 Å². The van der Waals surface area contributed by atoms with Crippen LogP contribution < -0.4 is 9.47 Å². The van der Waals surface area contributed by atoms with Crippen LogP contribution in [0.25, 0.3) is 10.8 Å². The lowest BCUT2D eigenvalue weighted by Crippen LogP contribution is -2.08. The van der Waals surface area contributed by atoms with Crippen LogP contribution in [0.4, 0.5) is 0 Å². The monoisotopic (exact) mass is 466 g/mol. The fraction of sp³-hybridized carbons (Fsp3) is 0.379. The van der Waals surface area contributed by atoms with Crippen LogP contribution in [-0.4, -0.2) is 23.7 Å². The molecule has 0 aliphatic rings. The fourth-order valence-electron chi connectivity index (χ4n) is 3.17. The maximum atomic E-state index is 12.4. The molecule has 0 spiro atoms. The molecule has 184 valence electrons. The summed E-state index contributed by atoms with van der Waals surface area (Å²) in [5.74, 6) is -0.394. The predicted octanol–water partition coefficient (Wildman–Crippen LogP) is 8.16. The van der Waals surface area contributed by atoms with Gasteiger partial charge in [0, 0.05) is 0 Å². The van der Waals surface area contributed by atoms with Crippen LogP contribution >= 0.6 is 0 Å². The summed E-state index contributed by atoms with van der Waals surface area (Å²) in [4.78, 5) is 23.3. The molecular formula is C29H38O5. The molecule has 34 heavy (non-hydrogen) atoms. The van der Waals surface area contributed by atoms with Gasteiger partial charge in [-0.25, -0.2) is 9.59 Å². The van der Waals surface area contributed by atoms with E-state index in [1.54, 1.807) is 12.1 Å². The number of carboxylic acids is 1.